The van der Waals surface area contributed by atoms with Crippen molar-refractivity contribution in [3.8, 4) is 5.75 Å². The predicted molar refractivity (Wildman–Crippen MR) is 166 cm³/mol. The Morgan fingerprint density at radius 3 is 2.35 bits per heavy atom. The van der Waals surface area contributed by atoms with E-state index in [9.17, 15) is 9.59 Å². The number of hydrogen-bond donors (Lipinski definition) is 2. The molecule has 0 radical (unpaired) electrons. The fraction of sp³-hybridized carbons (Fsp3) is 0.314. The van der Waals surface area contributed by atoms with Gasteiger partial charge in [0.25, 0.3) is 5.91 Å². The van der Waals surface area contributed by atoms with Crippen LogP contribution in [-0.2, 0) is 25.5 Å². The molecule has 0 spiro atoms. The third kappa shape index (κ3) is 6.21. The summed E-state index contributed by atoms with van der Waals surface area (Å²) in [6.07, 6.45) is 6.10. The summed E-state index contributed by atoms with van der Waals surface area (Å²) in [7, 11) is 1.33. The second-order valence-electron chi connectivity index (χ2n) is 11.1. The number of benzene rings is 3. The number of amides is 1. The quantitative estimate of drug-likeness (QED) is 0.231. The maximum Gasteiger partial charge on any atom is 0.337 e. The molecule has 3 aliphatic rings. The summed E-state index contributed by atoms with van der Waals surface area (Å²) < 4.78 is 17.7. The number of para-hydroxylation sites is 1. The SMILES string of the molecule is COC(=O)C1=C(C(=O)Nc2ccc(OCCN3CCCC3)cc2)C2C=CC1(C(Cc1ccccc1)Nc1ccccc1)O2. The van der Waals surface area contributed by atoms with Crippen LogP contribution in [0, 0.1) is 0 Å². The van der Waals surface area contributed by atoms with Gasteiger partial charge in [-0.1, -0.05) is 54.6 Å². The Morgan fingerprint density at radius 1 is 0.953 bits per heavy atom. The number of nitrogens with one attached hydrogen (secondary N) is 2. The molecular formula is C35H37N3O5. The summed E-state index contributed by atoms with van der Waals surface area (Å²) in [6, 6.07) is 26.7. The van der Waals surface area contributed by atoms with E-state index < -0.39 is 29.6 Å². The van der Waals surface area contributed by atoms with Crippen molar-refractivity contribution in [1.29, 1.82) is 0 Å². The Bertz CT molecular complexity index is 1440. The minimum absolute atomic E-state index is 0.214. The summed E-state index contributed by atoms with van der Waals surface area (Å²) in [5.41, 5.74) is 1.80. The van der Waals surface area contributed by atoms with Crippen LogP contribution in [-0.4, -0.2) is 67.9 Å². The number of ether oxygens (including phenoxy) is 3. The van der Waals surface area contributed by atoms with E-state index in [1.807, 2.05) is 84.9 Å². The smallest absolute Gasteiger partial charge is 0.337 e. The molecule has 3 aromatic carbocycles. The van der Waals surface area contributed by atoms with E-state index >= 15 is 0 Å². The van der Waals surface area contributed by atoms with Crippen molar-refractivity contribution in [1.82, 2.24) is 4.90 Å². The number of esters is 1. The molecule has 1 fully saturated rings. The molecule has 2 N–H and O–H groups in total. The van der Waals surface area contributed by atoms with E-state index in [2.05, 4.69) is 15.5 Å². The first-order chi connectivity index (χ1) is 21.1. The minimum atomic E-state index is -1.21. The largest absolute Gasteiger partial charge is 0.492 e. The highest BCUT2D eigenvalue weighted by atomic mass is 16.5. The molecule has 222 valence electrons. The Labute approximate surface area is 252 Å². The number of likely N-dealkylation sites (tertiary alicyclic amines) is 1. The van der Waals surface area contributed by atoms with Gasteiger partial charge in [-0.25, -0.2) is 4.79 Å². The van der Waals surface area contributed by atoms with Gasteiger partial charge in [-0.2, -0.15) is 0 Å². The normalized spacial score (nSPS) is 21.6. The summed E-state index contributed by atoms with van der Waals surface area (Å²) >= 11 is 0. The first-order valence-corrected chi connectivity index (χ1v) is 14.9. The van der Waals surface area contributed by atoms with Crippen LogP contribution in [0.1, 0.15) is 18.4 Å². The first-order valence-electron chi connectivity index (χ1n) is 14.9. The van der Waals surface area contributed by atoms with Crippen LogP contribution in [0.4, 0.5) is 11.4 Å². The number of nitrogens with zero attached hydrogens (tertiary/aromatic N) is 1. The van der Waals surface area contributed by atoms with E-state index in [1.165, 1.54) is 20.0 Å². The van der Waals surface area contributed by atoms with Crippen LogP contribution in [0.3, 0.4) is 0 Å². The second kappa shape index (κ2) is 12.9. The van der Waals surface area contributed by atoms with Crippen LogP contribution in [0.15, 0.2) is 108 Å². The summed E-state index contributed by atoms with van der Waals surface area (Å²) in [4.78, 5) is 29.6. The molecule has 3 aliphatic heterocycles. The highest BCUT2D eigenvalue weighted by Crippen LogP contribution is 2.47. The number of hydrogen-bond acceptors (Lipinski definition) is 7. The summed E-state index contributed by atoms with van der Waals surface area (Å²) in [5.74, 6) is -0.253. The molecule has 6 rings (SSSR count). The zero-order valence-electron chi connectivity index (χ0n) is 24.3. The van der Waals surface area contributed by atoms with Gasteiger partial charge in [0.2, 0.25) is 0 Å². The molecule has 0 aromatic heterocycles. The number of carbonyl (C=O) groups excluding carboxylic acids is 2. The molecule has 43 heavy (non-hydrogen) atoms. The monoisotopic (exact) mass is 579 g/mol. The molecule has 1 amide bonds. The highest BCUT2D eigenvalue weighted by Gasteiger charge is 2.58. The van der Waals surface area contributed by atoms with Crippen LogP contribution >= 0.6 is 0 Å². The van der Waals surface area contributed by atoms with Crippen LogP contribution in [0.25, 0.3) is 0 Å². The van der Waals surface area contributed by atoms with Gasteiger partial charge in [0.1, 0.15) is 24.1 Å². The first kappa shape index (κ1) is 28.7. The molecule has 0 saturated carbocycles. The van der Waals surface area contributed by atoms with E-state index in [1.54, 1.807) is 12.1 Å². The molecule has 3 unspecified atom stereocenters. The molecule has 3 atom stereocenters. The third-order valence-electron chi connectivity index (χ3n) is 8.32. The lowest BCUT2D eigenvalue weighted by molar-refractivity contribution is -0.138. The van der Waals surface area contributed by atoms with Gasteiger partial charge in [0.15, 0.2) is 0 Å². The van der Waals surface area contributed by atoms with E-state index in [0.29, 0.717) is 18.7 Å². The number of rotatable bonds is 12. The summed E-state index contributed by atoms with van der Waals surface area (Å²) in [5, 5.41) is 6.54. The Balaban J connectivity index is 1.24. The van der Waals surface area contributed by atoms with E-state index in [-0.39, 0.29) is 11.1 Å². The lowest BCUT2D eigenvalue weighted by Crippen LogP contribution is -2.49. The highest BCUT2D eigenvalue weighted by molar-refractivity contribution is 6.12. The van der Waals surface area contributed by atoms with Crippen molar-refractivity contribution in [3.05, 3.63) is 114 Å². The average molecular weight is 580 g/mol. The van der Waals surface area contributed by atoms with Gasteiger partial charge < -0.3 is 24.8 Å². The van der Waals surface area contributed by atoms with Gasteiger partial charge in [0, 0.05) is 17.9 Å². The van der Waals surface area contributed by atoms with Gasteiger partial charge >= 0.3 is 5.97 Å². The molecule has 8 heteroatoms. The predicted octanol–water partition coefficient (Wildman–Crippen LogP) is 5.00. The third-order valence-corrected chi connectivity index (χ3v) is 8.32. The van der Waals surface area contributed by atoms with Gasteiger partial charge in [-0.3, -0.25) is 9.69 Å². The molecule has 3 aromatic rings. The molecule has 8 nitrogen and oxygen atoms in total. The van der Waals surface area contributed by atoms with Crippen LogP contribution in [0.5, 0.6) is 5.75 Å². The second-order valence-corrected chi connectivity index (χ2v) is 11.1. The van der Waals surface area contributed by atoms with Gasteiger partial charge in [0.05, 0.1) is 24.3 Å². The fourth-order valence-electron chi connectivity index (χ4n) is 6.18. The van der Waals surface area contributed by atoms with Crippen LogP contribution in [0.2, 0.25) is 0 Å². The molecule has 2 bridgehead atoms. The molecule has 3 heterocycles. The van der Waals surface area contributed by atoms with Crippen molar-refractivity contribution in [2.75, 3.05) is 44.0 Å². The van der Waals surface area contributed by atoms with Crippen molar-refractivity contribution >= 4 is 23.3 Å². The fourth-order valence-corrected chi connectivity index (χ4v) is 6.18. The number of fused-ring (bicyclic) bond motifs is 2. The van der Waals surface area contributed by atoms with Gasteiger partial charge in [-0.15, -0.1) is 0 Å². The Kier molecular flexibility index (Phi) is 8.58. The Hall–Kier alpha value is -4.40. The number of anilines is 2. The van der Waals surface area contributed by atoms with Crippen molar-refractivity contribution < 1.29 is 23.8 Å². The topological polar surface area (TPSA) is 89.1 Å². The zero-order valence-corrected chi connectivity index (χ0v) is 24.3. The Morgan fingerprint density at radius 2 is 1.65 bits per heavy atom. The maximum absolute atomic E-state index is 13.8. The van der Waals surface area contributed by atoms with Crippen LogP contribution < -0.4 is 15.4 Å². The average Bonchev–Trinajstić information content (AvgIpc) is 3.79. The van der Waals surface area contributed by atoms with Gasteiger partial charge in [-0.05, 0) is 80.4 Å². The van der Waals surface area contributed by atoms with Crippen molar-refractivity contribution in [2.45, 2.75) is 37.0 Å². The molecule has 0 aliphatic carbocycles. The van der Waals surface area contributed by atoms with Crippen molar-refractivity contribution in [3.63, 3.8) is 0 Å². The maximum atomic E-state index is 13.8. The molecule has 1 saturated heterocycles. The van der Waals surface area contributed by atoms with Crippen molar-refractivity contribution in [2.24, 2.45) is 0 Å². The standard InChI is InChI=1S/C35H37N3O5/c1-41-34(40)32-31(33(39)37-27-14-16-28(17-15-27)42-23-22-38-20-8-9-21-38)29-18-19-35(32,43-29)30(24-25-10-4-2-5-11-25)36-26-12-6-3-7-13-26/h2-7,10-19,29-30,36H,8-9,20-24H2,1H3,(H,37,39). The zero-order chi connectivity index (χ0) is 29.6. The number of methoxy groups -OCH3 is 1. The lowest BCUT2D eigenvalue weighted by atomic mass is 9.78. The van der Waals surface area contributed by atoms with E-state index in [0.717, 1.165) is 36.6 Å². The lowest BCUT2D eigenvalue weighted by Gasteiger charge is -2.36. The van der Waals surface area contributed by atoms with E-state index in [4.69, 9.17) is 14.2 Å². The minimum Gasteiger partial charge on any atom is -0.492 e. The number of carbonyl (C=O) groups is 2. The molecular weight excluding hydrogens is 542 g/mol. The summed E-state index contributed by atoms with van der Waals surface area (Å²) in [6.45, 7) is 3.79.